The zero-order valence-electron chi connectivity index (χ0n) is 12.1. The van der Waals surface area contributed by atoms with Crippen molar-refractivity contribution in [3.8, 4) is 10.6 Å². The number of thiazole rings is 1. The highest BCUT2D eigenvalue weighted by molar-refractivity contribution is 7.15. The maximum atomic E-state index is 13.9. The van der Waals surface area contributed by atoms with Crippen LogP contribution in [-0.2, 0) is 6.54 Å². The van der Waals surface area contributed by atoms with Crippen molar-refractivity contribution >= 4 is 22.9 Å². The van der Waals surface area contributed by atoms with E-state index in [4.69, 9.17) is 11.6 Å². The van der Waals surface area contributed by atoms with Crippen LogP contribution < -0.4 is 5.32 Å². The lowest BCUT2D eigenvalue weighted by molar-refractivity contribution is 0.425. The van der Waals surface area contributed by atoms with Gasteiger partial charge < -0.3 is 5.32 Å². The fourth-order valence-corrected chi connectivity index (χ4v) is 2.90. The second-order valence-electron chi connectivity index (χ2n) is 5.76. The van der Waals surface area contributed by atoms with Crippen LogP contribution in [0.15, 0.2) is 18.2 Å². The number of nitrogens with zero attached hydrogens (tertiary/aromatic N) is 1. The third-order valence-electron chi connectivity index (χ3n) is 2.83. The zero-order valence-corrected chi connectivity index (χ0v) is 13.6. The number of benzene rings is 1. The topological polar surface area (TPSA) is 24.9 Å². The number of aromatic nitrogens is 1. The summed E-state index contributed by atoms with van der Waals surface area (Å²) < 4.78 is 13.9. The van der Waals surface area contributed by atoms with E-state index in [1.807, 2.05) is 6.92 Å². The summed E-state index contributed by atoms with van der Waals surface area (Å²) in [6, 6.07) is 4.68. The molecule has 0 aliphatic rings. The molecule has 0 unspecified atom stereocenters. The standard InChI is InChI=1S/C15H18ClFN2S/c1-9-13(8-18-15(2,3)4)20-14(19-9)11-6-5-10(16)7-12(11)17/h5-7,18H,8H2,1-4H3. The average molecular weight is 313 g/mol. The van der Waals surface area contributed by atoms with Crippen LogP contribution in [0, 0.1) is 12.7 Å². The first kappa shape index (κ1) is 15.4. The molecule has 0 spiro atoms. The molecule has 2 aromatic rings. The first-order chi connectivity index (χ1) is 9.26. The van der Waals surface area contributed by atoms with Gasteiger partial charge in [0.25, 0.3) is 0 Å². The Labute approximate surface area is 128 Å². The summed E-state index contributed by atoms with van der Waals surface area (Å²) in [5.74, 6) is -0.332. The molecule has 2 rings (SSSR count). The second-order valence-corrected chi connectivity index (χ2v) is 7.28. The van der Waals surface area contributed by atoms with Crippen LogP contribution >= 0.6 is 22.9 Å². The quantitative estimate of drug-likeness (QED) is 0.880. The lowest BCUT2D eigenvalue weighted by atomic mass is 10.1. The third-order valence-corrected chi connectivity index (χ3v) is 4.26. The summed E-state index contributed by atoms with van der Waals surface area (Å²) in [6.07, 6.45) is 0. The molecular weight excluding hydrogens is 295 g/mol. The molecule has 20 heavy (non-hydrogen) atoms. The van der Waals surface area contributed by atoms with Crippen molar-refractivity contribution in [1.82, 2.24) is 10.3 Å². The largest absolute Gasteiger partial charge is 0.307 e. The Bertz CT molecular complexity index is 617. The fraction of sp³-hybridized carbons (Fsp3) is 0.400. The SMILES string of the molecule is Cc1nc(-c2ccc(Cl)cc2F)sc1CNC(C)(C)C. The van der Waals surface area contributed by atoms with Crippen LogP contribution in [-0.4, -0.2) is 10.5 Å². The Kier molecular flexibility index (Phi) is 4.47. The predicted molar refractivity (Wildman–Crippen MR) is 83.8 cm³/mol. The van der Waals surface area contributed by atoms with Crippen molar-refractivity contribution in [2.24, 2.45) is 0 Å². The molecule has 0 aliphatic carbocycles. The van der Waals surface area contributed by atoms with Gasteiger partial charge in [0, 0.05) is 27.5 Å². The van der Waals surface area contributed by atoms with Crippen LogP contribution in [0.2, 0.25) is 5.02 Å². The van der Waals surface area contributed by atoms with Crippen LogP contribution in [0.1, 0.15) is 31.3 Å². The van der Waals surface area contributed by atoms with E-state index in [9.17, 15) is 4.39 Å². The molecule has 1 aromatic heterocycles. The molecule has 0 fully saturated rings. The molecule has 108 valence electrons. The first-order valence-corrected chi connectivity index (χ1v) is 7.62. The number of hydrogen-bond acceptors (Lipinski definition) is 3. The van der Waals surface area contributed by atoms with E-state index in [0.717, 1.165) is 17.1 Å². The summed E-state index contributed by atoms with van der Waals surface area (Å²) in [7, 11) is 0. The molecule has 0 amide bonds. The summed E-state index contributed by atoms with van der Waals surface area (Å²) in [6.45, 7) is 9.03. The summed E-state index contributed by atoms with van der Waals surface area (Å²) in [4.78, 5) is 5.60. The summed E-state index contributed by atoms with van der Waals surface area (Å²) >= 11 is 7.29. The molecule has 0 aliphatic heterocycles. The molecule has 0 saturated carbocycles. The summed E-state index contributed by atoms with van der Waals surface area (Å²) in [5.41, 5.74) is 1.49. The lowest BCUT2D eigenvalue weighted by Gasteiger charge is -2.19. The first-order valence-electron chi connectivity index (χ1n) is 6.43. The molecule has 0 bridgehead atoms. The van der Waals surface area contributed by atoms with Gasteiger partial charge in [0.15, 0.2) is 0 Å². The minimum Gasteiger partial charge on any atom is -0.307 e. The highest BCUT2D eigenvalue weighted by Crippen LogP contribution is 2.31. The van der Waals surface area contributed by atoms with Crippen molar-refractivity contribution < 1.29 is 4.39 Å². The van der Waals surface area contributed by atoms with E-state index in [1.54, 1.807) is 12.1 Å². The van der Waals surface area contributed by atoms with Crippen LogP contribution in [0.3, 0.4) is 0 Å². The zero-order chi connectivity index (χ0) is 14.9. The van der Waals surface area contributed by atoms with Gasteiger partial charge in [-0.1, -0.05) is 11.6 Å². The maximum absolute atomic E-state index is 13.9. The van der Waals surface area contributed by atoms with Crippen molar-refractivity contribution in [3.63, 3.8) is 0 Å². The Morgan fingerprint density at radius 3 is 2.65 bits per heavy atom. The molecule has 1 N–H and O–H groups in total. The molecule has 0 radical (unpaired) electrons. The minimum absolute atomic E-state index is 0.0438. The van der Waals surface area contributed by atoms with E-state index >= 15 is 0 Å². The smallest absolute Gasteiger partial charge is 0.134 e. The van der Waals surface area contributed by atoms with Gasteiger partial charge in [-0.05, 0) is 45.9 Å². The van der Waals surface area contributed by atoms with E-state index in [2.05, 4.69) is 31.1 Å². The molecular formula is C15H18ClFN2S. The number of aryl methyl sites for hydroxylation is 1. The highest BCUT2D eigenvalue weighted by Gasteiger charge is 2.15. The van der Waals surface area contributed by atoms with Crippen molar-refractivity contribution in [1.29, 1.82) is 0 Å². The van der Waals surface area contributed by atoms with Gasteiger partial charge in [-0.3, -0.25) is 0 Å². The van der Waals surface area contributed by atoms with Gasteiger partial charge in [0.05, 0.1) is 5.69 Å². The van der Waals surface area contributed by atoms with Gasteiger partial charge >= 0.3 is 0 Å². The van der Waals surface area contributed by atoms with Gasteiger partial charge in [-0.25, -0.2) is 9.37 Å². The number of rotatable bonds is 3. The van der Waals surface area contributed by atoms with E-state index in [1.165, 1.54) is 17.4 Å². The Balaban J connectivity index is 2.26. The summed E-state index contributed by atoms with van der Waals surface area (Å²) in [5, 5.41) is 4.52. The number of nitrogens with one attached hydrogen (secondary N) is 1. The fourth-order valence-electron chi connectivity index (χ4n) is 1.72. The number of hydrogen-bond donors (Lipinski definition) is 1. The third kappa shape index (κ3) is 3.78. The van der Waals surface area contributed by atoms with Crippen LogP contribution in [0.4, 0.5) is 4.39 Å². The highest BCUT2D eigenvalue weighted by atomic mass is 35.5. The van der Waals surface area contributed by atoms with Crippen molar-refractivity contribution in [2.75, 3.05) is 0 Å². The molecule has 1 aromatic carbocycles. The Morgan fingerprint density at radius 2 is 2.05 bits per heavy atom. The molecule has 0 saturated heterocycles. The molecule has 2 nitrogen and oxygen atoms in total. The minimum atomic E-state index is -0.332. The van der Waals surface area contributed by atoms with E-state index in [-0.39, 0.29) is 11.4 Å². The molecule has 1 heterocycles. The monoisotopic (exact) mass is 312 g/mol. The second kappa shape index (κ2) is 5.80. The van der Waals surface area contributed by atoms with E-state index < -0.39 is 0 Å². The molecule has 5 heteroatoms. The lowest BCUT2D eigenvalue weighted by Crippen LogP contribution is -2.34. The Hall–Kier alpha value is -0.970. The van der Waals surface area contributed by atoms with E-state index in [0.29, 0.717) is 15.6 Å². The predicted octanol–water partition coefficient (Wildman–Crippen LogP) is 4.80. The Morgan fingerprint density at radius 1 is 1.35 bits per heavy atom. The van der Waals surface area contributed by atoms with Crippen LogP contribution in [0.5, 0.6) is 0 Å². The van der Waals surface area contributed by atoms with Gasteiger partial charge in [0.1, 0.15) is 10.8 Å². The van der Waals surface area contributed by atoms with Gasteiger partial charge in [-0.15, -0.1) is 11.3 Å². The maximum Gasteiger partial charge on any atom is 0.134 e. The number of halogens is 2. The van der Waals surface area contributed by atoms with Crippen molar-refractivity contribution in [3.05, 3.63) is 39.6 Å². The van der Waals surface area contributed by atoms with Gasteiger partial charge in [-0.2, -0.15) is 0 Å². The average Bonchev–Trinajstić information content (AvgIpc) is 2.67. The molecule has 0 atom stereocenters. The normalized spacial score (nSPS) is 11.9. The van der Waals surface area contributed by atoms with Crippen molar-refractivity contribution in [2.45, 2.75) is 39.8 Å². The van der Waals surface area contributed by atoms with Gasteiger partial charge in [0.2, 0.25) is 0 Å². The van der Waals surface area contributed by atoms with Crippen LogP contribution in [0.25, 0.3) is 10.6 Å².